The van der Waals surface area contributed by atoms with Crippen LogP contribution in [-0.2, 0) is 0 Å². The van der Waals surface area contributed by atoms with Crippen LogP contribution in [0, 0.1) is 5.82 Å². The Kier molecular flexibility index (Phi) is 4.23. The van der Waals surface area contributed by atoms with Crippen molar-refractivity contribution in [2.45, 2.75) is 10.9 Å². The van der Waals surface area contributed by atoms with Gasteiger partial charge in [-0.1, -0.05) is 30.3 Å². The second-order valence-corrected chi connectivity index (χ2v) is 5.10. The van der Waals surface area contributed by atoms with Gasteiger partial charge in [0, 0.05) is 16.7 Å². The number of rotatable bonds is 4. The first-order valence-corrected chi connectivity index (χ1v) is 6.64. The van der Waals surface area contributed by atoms with Crippen LogP contribution in [0.4, 0.5) is 10.1 Å². The molecule has 18 heavy (non-hydrogen) atoms. The van der Waals surface area contributed by atoms with Gasteiger partial charge in [-0.15, -0.1) is 11.8 Å². The molecule has 0 bridgehead atoms. The molecule has 0 amide bonds. The van der Waals surface area contributed by atoms with Crippen molar-refractivity contribution in [1.82, 2.24) is 0 Å². The average molecular weight is 262 g/mol. The van der Waals surface area contributed by atoms with E-state index >= 15 is 0 Å². The molecule has 0 aliphatic rings. The van der Waals surface area contributed by atoms with Crippen LogP contribution in [-0.4, -0.2) is 5.75 Å². The molecule has 2 aromatic carbocycles. The van der Waals surface area contributed by atoms with Crippen LogP contribution in [0.25, 0.3) is 0 Å². The zero-order chi connectivity index (χ0) is 13.0. The molecular weight excluding hydrogens is 247 g/mol. The summed E-state index contributed by atoms with van der Waals surface area (Å²) in [7, 11) is 0. The maximum Gasteiger partial charge on any atom is 0.147 e. The van der Waals surface area contributed by atoms with Gasteiger partial charge in [-0.25, -0.2) is 4.39 Å². The lowest BCUT2D eigenvalue weighted by molar-refractivity contribution is 0.629. The van der Waals surface area contributed by atoms with Gasteiger partial charge in [-0.05, 0) is 23.8 Å². The fraction of sp³-hybridized carbons (Fsp3) is 0.143. The molecule has 0 spiro atoms. The van der Waals surface area contributed by atoms with Crippen LogP contribution >= 0.6 is 11.8 Å². The Labute approximate surface area is 110 Å². The van der Waals surface area contributed by atoms with Crippen molar-refractivity contribution < 1.29 is 4.39 Å². The highest BCUT2D eigenvalue weighted by Crippen LogP contribution is 2.25. The molecule has 0 fully saturated rings. The summed E-state index contributed by atoms with van der Waals surface area (Å²) in [5, 5.41) is 0. The predicted molar refractivity (Wildman–Crippen MR) is 74.9 cm³/mol. The van der Waals surface area contributed by atoms with Crippen LogP contribution in [0.5, 0.6) is 0 Å². The number of nitrogens with two attached hydrogens (primary N) is 2. The highest BCUT2D eigenvalue weighted by molar-refractivity contribution is 7.99. The van der Waals surface area contributed by atoms with E-state index in [4.69, 9.17) is 11.5 Å². The first-order valence-electron chi connectivity index (χ1n) is 5.65. The van der Waals surface area contributed by atoms with E-state index in [9.17, 15) is 4.39 Å². The van der Waals surface area contributed by atoms with E-state index in [2.05, 4.69) is 0 Å². The Morgan fingerprint density at radius 2 is 1.83 bits per heavy atom. The molecule has 4 N–H and O–H groups in total. The fourth-order valence-electron chi connectivity index (χ4n) is 1.58. The number of nitrogen functional groups attached to an aromatic ring is 1. The third-order valence-electron chi connectivity index (χ3n) is 2.63. The van der Waals surface area contributed by atoms with Crippen LogP contribution in [0.15, 0.2) is 53.4 Å². The van der Waals surface area contributed by atoms with Gasteiger partial charge in [0.1, 0.15) is 5.82 Å². The Morgan fingerprint density at radius 3 is 2.50 bits per heavy atom. The fourth-order valence-corrected chi connectivity index (χ4v) is 2.50. The molecule has 2 nitrogen and oxygen atoms in total. The van der Waals surface area contributed by atoms with E-state index < -0.39 is 0 Å². The highest BCUT2D eigenvalue weighted by Gasteiger charge is 2.07. The van der Waals surface area contributed by atoms with Crippen molar-refractivity contribution in [3.8, 4) is 0 Å². The third kappa shape index (κ3) is 3.24. The molecule has 2 rings (SSSR count). The topological polar surface area (TPSA) is 52.0 Å². The summed E-state index contributed by atoms with van der Waals surface area (Å²) in [4.78, 5) is 0.841. The lowest BCUT2D eigenvalue weighted by atomic mass is 10.1. The smallest absolute Gasteiger partial charge is 0.147 e. The van der Waals surface area contributed by atoms with Crippen molar-refractivity contribution in [1.29, 1.82) is 0 Å². The number of anilines is 1. The minimum atomic E-state index is -0.381. The van der Waals surface area contributed by atoms with Crippen molar-refractivity contribution in [2.24, 2.45) is 5.73 Å². The minimum Gasteiger partial charge on any atom is -0.396 e. The first-order chi connectivity index (χ1) is 8.66. The number of hydrogen-bond acceptors (Lipinski definition) is 3. The molecule has 0 saturated carbocycles. The summed E-state index contributed by atoms with van der Waals surface area (Å²) < 4.78 is 13.3. The van der Waals surface area contributed by atoms with Gasteiger partial charge in [0.15, 0.2) is 0 Å². The van der Waals surface area contributed by atoms with Gasteiger partial charge in [-0.2, -0.15) is 0 Å². The van der Waals surface area contributed by atoms with Crippen molar-refractivity contribution in [2.75, 3.05) is 11.5 Å². The summed E-state index contributed by atoms with van der Waals surface area (Å²) in [6.07, 6.45) is 0. The van der Waals surface area contributed by atoms with E-state index in [1.54, 1.807) is 12.1 Å². The highest BCUT2D eigenvalue weighted by atomic mass is 32.2. The predicted octanol–water partition coefficient (Wildman–Crippen LogP) is 3.20. The van der Waals surface area contributed by atoms with Crippen LogP contribution in [0.3, 0.4) is 0 Å². The Balaban J connectivity index is 1.97. The van der Waals surface area contributed by atoms with Gasteiger partial charge in [0.25, 0.3) is 0 Å². The number of thioether (sulfide) groups is 1. The summed E-state index contributed by atoms with van der Waals surface area (Å²) in [5.41, 5.74) is 12.8. The minimum absolute atomic E-state index is 0.0585. The summed E-state index contributed by atoms with van der Waals surface area (Å²) in [6, 6.07) is 14.6. The molecule has 1 atom stereocenters. The molecule has 94 valence electrons. The van der Waals surface area contributed by atoms with Gasteiger partial charge in [0.05, 0.1) is 5.69 Å². The molecule has 2 aromatic rings. The van der Waals surface area contributed by atoms with Crippen LogP contribution in [0.2, 0.25) is 0 Å². The quantitative estimate of drug-likeness (QED) is 0.657. The molecule has 0 aliphatic carbocycles. The first kappa shape index (κ1) is 12.9. The summed E-state index contributed by atoms with van der Waals surface area (Å²) >= 11 is 1.53. The van der Waals surface area contributed by atoms with Gasteiger partial charge in [0.2, 0.25) is 0 Å². The number of hydrogen-bond donors (Lipinski definition) is 2. The van der Waals surface area contributed by atoms with E-state index in [0.29, 0.717) is 5.75 Å². The summed E-state index contributed by atoms with van der Waals surface area (Å²) in [6.45, 7) is 0. The van der Waals surface area contributed by atoms with Gasteiger partial charge in [-0.3, -0.25) is 0 Å². The lowest BCUT2D eigenvalue weighted by Crippen LogP contribution is -2.12. The average Bonchev–Trinajstić information content (AvgIpc) is 2.41. The Hall–Kier alpha value is -1.52. The lowest BCUT2D eigenvalue weighted by Gasteiger charge is -2.11. The largest absolute Gasteiger partial charge is 0.396 e. The van der Waals surface area contributed by atoms with E-state index in [0.717, 1.165) is 10.5 Å². The molecule has 0 aliphatic heterocycles. The maximum atomic E-state index is 13.3. The zero-order valence-corrected chi connectivity index (χ0v) is 10.7. The maximum absolute atomic E-state index is 13.3. The van der Waals surface area contributed by atoms with Gasteiger partial charge >= 0.3 is 0 Å². The molecule has 0 heterocycles. The third-order valence-corrected chi connectivity index (χ3v) is 3.74. The molecular formula is C14H15FN2S. The standard InChI is InChI=1S/C14H15FN2S/c15-12-8-11(6-7-13(12)16)18-9-14(17)10-4-2-1-3-5-10/h1-8,14H,9,16-17H2. The van der Waals surface area contributed by atoms with Crippen molar-refractivity contribution >= 4 is 17.4 Å². The number of benzene rings is 2. The van der Waals surface area contributed by atoms with E-state index in [1.807, 2.05) is 30.3 Å². The second-order valence-electron chi connectivity index (χ2n) is 4.01. The molecule has 1 unspecified atom stereocenters. The number of halogens is 1. The Bertz CT molecular complexity index is 516. The molecule has 4 heteroatoms. The molecule has 0 aromatic heterocycles. The Morgan fingerprint density at radius 1 is 1.11 bits per heavy atom. The van der Waals surface area contributed by atoms with E-state index in [-0.39, 0.29) is 17.5 Å². The van der Waals surface area contributed by atoms with Crippen LogP contribution < -0.4 is 11.5 Å². The second kappa shape index (κ2) is 5.89. The van der Waals surface area contributed by atoms with Crippen molar-refractivity contribution in [3.63, 3.8) is 0 Å². The SMILES string of the molecule is Nc1ccc(SCC(N)c2ccccc2)cc1F. The van der Waals surface area contributed by atoms with Gasteiger partial charge < -0.3 is 11.5 Å². The molecule has 0 radical (unpaired) electrons. The monoisotopic (exact) mass is 262 g/mol. The normalized spacial score (nSPS) is 12.3. The zero-order valence-electron chi connectivity index (χ0n) is 9.84. The van der Waals surface area contributed by atoms with E-state index in [1.165, 1.54) is 17.8 Å². The van der Waals surface area contributed by atoms with Crippen LogP contribution in [0.1, 0.15) is 11.6 Å². The van der Waals surface area contributed by atoms with Crippen molar-refractivity contribution in [3.05, 3.63) is 59.9 Å². The summed E-state index contributed by atoms with van der Waals surface area (Å²) in [5.74, 6) is 0.321. The molecule has 0 saturated heterocycles.